The standard InChI is InChI=1S/C24H19F2N3/c1-24(2,3)15-8-11-22-21(12-15)28-14-29(22)16-9-10-18(25)17(13-16)23-19(26)6-5-7-20(23)27-4/h5-14H,1-3H3/i1D3. The third kappa shape index (κ3) is 3.27. The molecule has 3 aromatic carbocycles. The maximum Gasteiger partial charge on any atom is 0.197 e. The van der Waals surface area contributed by atoms with E-state index < -0.39 is 23.9 Å². The second kappa shape index (κ2) is 6.82. The van der Waals surface area contributed by atoms with Gasteiger partial charge in [-0.2, -0.15) is 0 Å². The lowest BCUT2D eigenvalue weighted by Gasteiger charge is -2.18. The number of imidazole rings is 1. The first-order chi connectivity index (χ1) is 15.0. The summed E-state index contributed by atoms with van der Waals surface area (Å²) in [6.45, 7) is 8.43. The second-order valence-electron chi connectivity index (χ2n) is 7.35. The lowest BCUT2D eigenvalue weighted by Crippen LogP contribution is -2.10. The molecule has 1 heterocycles. The zero-order valence-corrected chi connectivity index (χ0v) is 15.9. The summed E-state index contributed by atoms with van der Waals surface area (Å²) in [6, 6.07) is 13.5. The third-order valence-electron chi connectivity index (χ3n) is 4.88. The fourth-order valence-corrected chi connectivity index (χ4v) is 3.33. The molecule has 0 aliphatic heterocycles. The van der Waals surface area contributed by atoms with Crippen LogP contribution in [0.5, 0.6) is 0 Å². The van der Waals surface area contributed by atoms with Crippen LogP contribution in [0.25, 0.3) is 32.7 Å². The van der Waals surface area contributed by atoms with Crippen molar-refractivity contribution in [2.75, 3.05) is 0 Å². The minimum absolute atomic E-state index is 0.0198. The van der Waals surface area contributed by atoms with Gasteiger partial charge in [0.2, 0.25) is 0 Å². The molecule has 0 atom stereocenters. The molecule has 0 unspecified atom stereocenters. The number of rotatable bonds is 2. The van der Waals surface area contributed by atoms with Crippen molar-refractivity contribution in [2.45, 2.75) is 26.1 Å². The van der Waals surface area contributed by atoms with E-state index in [4.69, 9.17) is 10.7 Å². The summed E-state index contributed by atoms with van der Waals surface area (Å²) in [5.74, 6) is -1.32. The molecule has 0 radical (unpaired) electrons. The van der Waals surface area contributed by atoms with Crippen LogP contribution < -0.4 is 0 Å². The fourth-order valence-electron chi connectivity index (χ4n) is 3.33. The van der Waals surface area contributed by atoms with Crippen molar-refractivity contribution in [3.05, 3.63) is 89.5 Å². The molecule has 1 aromatic heterocycles. The molecule has 0 aliphatic rings. The Morgan fingerprint density at radius 1 is 1.07 bits per heavy atom. The molecule has 0 bridgehead atoms. The highest BCUT2D eigenvalue weighted by Gasteiger charge is 2.18. The third-order valence-corrected chi connectivity index (χ3v) is 4.88. The van der Waals surface area contributed by atoms with Crippen LogP contribution in [-0.4, -0.2) is 9.55 Å². The molecule has 0 spiro atoms. The highest BCUT2D eigenvalue weighted by Crippen LogP contribution is 2.36. The van der Waals surface area contributed by atoms with Crippen LogP contribution >= 0.6 is 0 Å². The Morgan fingerprint density at radius 2 is 1.90 bits per heavy atom. The highest BCUT2D eigenvalue weighted by molar-refractivity contribution is 5.82. The van der Waals surface area contributed by atoms with Crippen molar-refractivity contribution < 1.29 is 12.9 Å². The van der Waals surface area contributed by atoms with Gasteiger partial charge >= 0.3 is 0 Å². The lowest BCUT2D eigenvalue weighted by molar-refractivity contribution is 0.591. The molecular formula is C24H19F2N3. The summed E-state index contributed by atoms with van der Waals surface area (Å²) in [7, 11) is 0. The molecule has 4 aromatic rings. The maximum atomic E-state index is 14.7. The van der Waals surface area contributed by atoms with Gasteiger partial charge in [-0.05, 0) is 47.4 Å². The Morgan fingerprint density at radius 3 is 2.66 bits per heavy atom. The Labute approximate surface area is 172 Å². The van der Waals surface area contributed by atoms with Crippen LogP contribution in [0.1, 0.15) is 30.4 Å². The topological polar surface area (TPSA) is 22.2 Å². The van der Waals surface area contributed by atoms with Gasteiger partial charge in [0, 0.05) is 20.9 Å². The number of hydrogen-bond donors (Lipinski definition) is 0. The van der Waals surface area contributed by atoms with Crippen LogP contribution in [-0.2, 0) is 5.41 Å². The van der Waals surface area contributed by atoms with E-state index in [0.29, 0.717) is 22.3 Å². The molecule has 29 heavy (non-hydrogen) atoms. The van der Waals surface area contributed by atoms with E-state index in [2.05, 4.69) is 9.83 Å². The van der Waals surface area contributed by atoms with E-state index in [1.165, 1.54) is 30.3 Å². The van der Waals surface area contributed by atoms with Gasteiger partial charge in [-0.15, -0.1) is 0 Å². The number of aromatic nitrogens is 2. The fraction of sp³-hybridized carbons (Fsp3) is 0.167. The second-order valence-corrected chi connectivity index (χ2v) is 7.35. The van der Waals surface area contributed by atoms with E-state index in [0.717, 1.165) is 0 Å². The lowest BCUT2D eigenvalue weighted by atomic mass is 9.87. The average Bonchev–Trinajstić information content (AvgIpc) is 3.16. The van der Waals surface area contributed by atoms with Crippen molar-refractivity contribution >= 4 is 16.7 Å². The minimum Gasteiger partial charge on any atom is -0.299 e. The predicted molar refractivity (Wildman–Crippen MR) is 111 cm³/mol. The van der Waals surface area contributed by atoms with Crippen molar-refractivity contribution in [3.63, 3.8) is 0 Å². The molecule has 4 rings (SSSR count). The molecule has 0 saturated heterocycles. The highest BCUT2D eigenvalue weighted by atomic mass is 19.1. The van der Waals surface area contributed by atoms with E-state index >= 15 is 0 Å². The summed E-state index contributed by atoms with van der Waals surface area (Å²) in [6.07, 6.45) is 1.55. The molecule has 0 fully saturated rings. The smallest absolute Gasteiger partial charge is 0.197 e. The van der Waals surface area contributed by atoms with Gasteiger partial charge in [0.25, 0.3) is 0 Å². The summed E-state index contributed by atoms with van der Waals surface area (Å²) in [4.78, 5) is 7.71. The molecule has 144 valence electrons. The first-order valence-electron chi connectivity index (χ1n) is 10.5. The van der Waals surface area contributed by atoms with E-state index in [9.17, 15) is 8.78 Å². The molecule has 0 saturated carbocycles. The molecule has 0 N–H and O–H groups in total. The summed E-state index contributed by atoms with van der Waals surface area (Å²) in [5, 5.41) is 0. The predicted octanol–water partition coefficient (Wildman–Crippen LogP) is 6.82. The number of benzene rings is 3. The zero-order chi connectivity index (χ0) is 23.3. The Kier molecular flexibility index (Phi) is 3.62. The molecule has 3 nitrogen and oxygen atoms in total. The Hall–Kier alpha value is -3.52. The average molecular weight is 390 g/mol. The number of hydrogen-bond acceptors (Lipinski definition) is 1. The van der Waals surface area contributed by atoms with Gasteiger partial charge in [0.1, 0.15) is 18.0 Å². The van der Waals surface area contributed by atoms with Gasteiger partial charge in [-0.3, -0.25) is 4.57 Å². The summed E-state index contributed by atoms with van der Waals surface area (Å²) >= 11 is 0. The Bertz CT molecular complexity index is 1380. The van der Waals surface area contributed by atoms with Gasteiger partial charge in [-0.25, -0.2) is 18.6 Å². The van der Waals surface area contributed by atoms with Crippen LogP contribution in [0.15, 0.2) is 60.9 Å². The zero-order valence-electron chi connectivity index (χ0n) is 18.9. The van der Waals surface area contributed by atoms with Crippen molar-refractivity contribution in [2.24, 2.45) is 0 Å². The van der Waals surface area contributed by atoms with Crippen LogP contribution in [0.4, 0.5) is 14.5 Å². The minimum atomic E-state index is -2.19. The maximum absolute atomic E-state index is 14.7. The van der Waals surface area contributed by atoms with Crippen molar-refractivity contribution in [1.82, 2.24) is 9.55 Å². The van der Waals surface area contributed by atoms with E-state index in [-0.39, 0.29) is 16.8 Å². The summed E-state index contributed by atoms with van der Waals surface area (Å²) in [5.41, 5.74) is 1.28. The van der Waals surface area contributed by atoms with E-state index in [1.54, 1.807) is 49.0 Å². The largest absolute Gasteiger partial charge is 0.299 e. The van der Waals surface area contributed by atoms with Crippen molar-refractivity contribution in [1.29, 1.82) is 0 Å². The molecule has 0 amide bonds. The first kappa shape index (κ1) is 15.4. The monoisotopic (exact) mass is 390 g/mol. The number of fused-ring (bicyclic) bond motifs is 1. The molecule has 0 aliphatic carbocycles. The van der Waals surface area contributed by atoms with Gasteiger partial charge in [0.05, 0.1) is 17.6 Å². The van der Waals surface area contributed by atoms with Crippen molar-refractivity contribution in [3.8, 4) is 16.8 Å². The number of nitrogens with zero attached hydrogens (tertiary/aromatic N) is 3. The number of halogens is 2. The van der Waals surface area contributed by atoms with Gasteiger partial charge < -0.3 is 0 Å². The van der Waals surface area contributed by atoms with Gasteiger partial charge in [0.15, 0.2) is 5.69 Å². The van der Waals surface area contributed by atoms with E-state index in [1.807, 2.05) is 0 Å². The van der Waals surface area contributed by atoms with Crippen LogP contribution in [0.3, 0.4) is 0 Å². The normalized spacial score (nSPS) is 13.6. The quantitative estimate of drug-likeness (QED) is 0.344. The van der Waals surface area contributed by atoms with Gasteiger partial charge in [-0.1, -0.05) is 38.9 Å². The van der Waals surface area contributed by atoms with Crippen LogP contribution in [0.2, 0.25) is 0 Å². The summed E-state index contributed by atoms with van der Waals surface area (Å²) < 4.78 is 54.3. The first-order valence-corrected chi connectivity index (χ1v) is 8.98. The SMILES string of the molecule is [2H]C([2H])([2H])C(C)(C)c1ccc2c(c1)ncn2-c1ccc(F)c(-c2c(F)cccc2[N+]#[C-])c1. The van der Waals surface area contributed by atoms with Crippen LogP contribution in [0, 0.1) is 18.2 Å². The molecular weight excluding hydrogens is 368 g/mol. The Balaban J connectivity index is 1.85. The molecule has 5 heteroatoms.